The minimum Gasteiger partial charge on any atom is -0.497 e. The van der Waals surface area contributed by atoms with Crippen molar-refractivity contribution in [3.05, 3.63) is 58.9 Å². The largest absolute Gasteiger partial charge is 0.497 e. The SMILES string of the molecule is CCC(CC)NC(=O)CSc1nnc(COc2ccc(OC)cc2)n1-c1ccc(C)c(Cl)c1. The van der Waals surface area contributed by atoms with Crippen LogP contribution in [-0.4, -0.2) is 39.6 Å². The number of hydrogen-bond acceptors (Lipinski definition) is 6. The molecule has 2 aromatic carbocycles. The number of ether oxygens (including phenoxy) is 2. The summed E-state index contributed by atoms with van der Waals surface area (Å²) in [6.45, 7) is 6.28. The summed E-state index contributed by atoms with van der Waals surface area (Å²) >= 11 is 7.72. The highest BCUT2D eigenvalue weighted by atomic mass is 35.5. The summed E-state index contributed by atoms with van der Waals surface area (Å²) in [5.41, 5.74) is 1.79. The van der Waals surface area contributed by atoms with Crippen LogP contribution in [0.3, 0.4) is 0 Å². The second-order valence-electron chi connectivity index (χ2n) is 7.50. The second kappa shape index (κ2) is 12.0. The summed E-state index contributed by atoms with van der Waals surface area (Å²) in [4.78, 5) is 12.4. The second-order valence-corrected chi connectivity index (χ2v) is 8.85. The van der Waals surface area contributed by atoms with Gasteiger partial charge in [-0.15, -0.1) is 10.2 Å². The molecule has 1 amide bonds. The van der Waals surface area contributed by atoms with Crippen molar-refractivity contribution in [3.8, 4) is 17.2 Å². The van der Waals surface area contributed by atoms with Gasteiger partial charge in [-0.05, 0) is 61.7 Å². The number of nitrogens with zero attached hydrogens (tertiary/aromatic N) is 3. The van der Waals surface area contributed by atoms with Crippen molar-refractivity contribution in [3.63, 3.8) is 0 Å². The van der Waals surface area contributed by atoms with Gasteiger partial charge in [-0.3, -0.25) is 9.36 Å². The molecule has 7 nitrogen and oxygen atoms in total. The van der Waals surface area contributed by atoms with Crippen molar-refractivity contribution in [2.24, 2.45) is 0 Å². The van der Waals surface area contributed by atoms with Crippen LogP contribution in [0.2, 0.25) is 5.02 Å². The lowest BCUT2D eigenvalue weighted by Gasteiger charge is -2.15. The maximum absolute atomic E-state index is 12.4. The third-order valence-electron chi connectivity index (χ3n) is 5.22. The third-order valence-corrected chi connectivity index (χ3v) is 6.56. The molecule has 9 heteroatoms. The quantitative estimate of drug-likeness (QED) is 0.373. The van der Waals surface area contributed by atoms with Crippen molar-refractivity contribution in [1.82, 2.24) is 20.1 Å². The van der Waals surface area contributed by atoms with E-state index in [1.807, 2.05) is 54.0 Å². The number of hydrogen-bond donors (Lipinski definition) is 1. The van der Waals surface area contributed by atoms with E-state index in [-0.39, 0.29) is 24.3 Å². The average molecular weight is 489 g/mol. The summed E-state index contributed by atoms with van der Waals surface area (Å²) < 4.78 is 13.0. The van der Waals surface area contributed by atoms with Gasteiger partial charge in [0.2, 0.25) is 5.91 Å². The number of nitrogens with one attached hydrogen (secondary N) is 1. The highest BCUT2D eigenvalue weighted by Gasteiger charge is 2.18. The van der Waals surface area contributed by atoms with Crippen LogP contribution in [0.25, 0.3) is 5.69 Å². The van der Waals surface area contributed by atoms with E-state index in [0.717, 1.165) is 29.8 Å². The molecule has 0 atom stereocenters. The van der Waals surface area contributed by atoms with Gasteiger partial charge < -0.3 is 14.8 Å². The molecule has 1 N–H and O–H groups in total. The molecule has 1 heterocycles. The summed E-state index contributed by atoms with van der Waals surface area (Å²) in [7, 11) is 1.62. The Labute approximate surface area is 203 Å². The summed E-state index contributed by atoms with van der Waals surface area (Å²) in [6, 6.07) is 13.3. The topological polar surface area (TPSA) is 78.3 Å². The predicted molar refractivity (Wildman–Crippen MR) is 132 cm³/mol. The molecule has 1 aromatic heterocycles. The lowest BCUT2D eigenvalue weighted by Crippen LogP contribution is -2.35. The van der Waals surface area contributed by atoms with E-state index in [9.17, 15) is 4.79 Å². The average Bonchev–Trinajstić information content (AvgIpc) is 3.24. The minimum absolute atomic E-state index is 0.0266. The van der Waals surface area contributed by atoms with Crippen LogP contribution in [-0.2, 0) is 11.4 Å². The van der Waals surface area contributed by atoms with Gasteiger partial charge in [0.05, 0.1) is 18.6 Å². The lowest BCUT2D eigenvalue weighted by molar-refractivity contribution is -0.119. The Hall–Kier alpha value is -2.71. The number of halogens is 1. The number of aryl methyl sites for hydroxylation is 1. The first-order chi connectivity index (χ1) is 15.9. The number of carbonyl (C=O) groups is 1. The van der Waals surface area contributed by atoms with E-state index in [0.29, 0.717) is 21.8 Å². The molecule has 0 aliphatic heterocycles. The van der Waals surface area contributed by atoms with Crippen LogP contribution in [0, 0.1) is 6.92 Å². The van der Waals surface area contributed by atoms with Gasteiger partial charge in [-0.25, -0.2) is 0 Å². The highest BCUT2D eigenvalue weighted by molar-refractivity contribution is 7.99. The van der Waals surface area contributed by atoms with Crippen molar-refractivity contribution >= 4 is 29.3 Å². The molecule has 0 saturated heterocycles. The van der Waals surface area contributed by atoms with E-state index in [4.69, 9.17) is 21.1 Å². The van der Waals surface area contributed by atoms with Crippen LogP contribution in [0.15, 0.2) is 47.6 Å². The van der Waals surface area contributed by atoms with Crippen molar-refractivity contribution in [1.29, 1.82) is 0 Å². The molecule has 0 saturated carbocycles. The van der Waals surface area contributed by atoms with E-state index < -0.39 is 0 Å². The molecule has 33 heavy (non-hydrogen) atoms. The minimum atomic E-state index is -0.0266. The molecule has 0 spiro atoms. The zero-order valence-electron chi connectivity index (χ0n) is 19.3. The van der Waals surface area contributed by atoms with Gasteiger partial charge in [0.1, 0.15) is 18.1 Å². The third kappa shape index (κ3) is 6.65. The molecule has 0 aliphatic rings. The lowest BCUT2D eigenvalue weighted by atomic mass is 10.2. The normalized spacial score (nSPS) is 11.0. The fourth-order valence-electron chi connectivity index (χ4n) is 3.18. The molecule has 176 valence electrons. The zero-order valence-corrected chi connectivity index (χ0v) is 20.9. The zero-order chi connectivity index (χ0) is 23.8. The first kappa shape index (κ1) is 24.9. The summed E-state index contributed by atoms with van der Waals surface area (Å²) in [5.74, 6) is 2.26. The maximum Gasteiger partial charge on any atom is 0.230 e. The number of amides is 1. The number of aromatic nitrogens is 3. The first-order valence-corrected chi connectivity index (χ1v) is 12.2. The standard InChI is InChI=1S/C24H29ClN4O3S/c1-5-17(6-2)26-23(30)15-33-24-28-27-22(14-32-20-11-9-19(31-4)10-12-20)29(24)18-8-7-16(3)21(25)13-18/h7-13,17H,5-6,14-15H2,1-4H3,(H,26,30). The monoisotopic (exact) mass is 488 g/mol. The first-order valence-electron chi connectivity index (χ1n) is 10.8. The Balaban J connectivity index is 1.81. The number of thioether (sulfide) groups is 1. The Morgan fingerprint density at radius 2 is 1.82 bits per heavy atom. The fourth-order valence-corrected chi connectivity index (χ4v) is 4.14. The van der Waals surface area contributed by atoms with Gasteiger partial charge in [-0.2, -0.15) is 0 Å². The molecule has 0 aliphatic carbocycles. The number of carbonyl (C=O) groups excluding carboxylic acids is 1. The van der Waals surface area contributed by atoms with Crippen LogP contribution < -0.4 is 14.8 Å². The highest BCUT2D eigenvalue weighted by Crippen LogP contribution is 2.26. The van der Waals surface area contributed by atoms with E-state index in [1.54, 1.807) is 7.11 Å². The van der Waals surface area contributed by atoms with Crippen LogP contribution >= 0.6 is 23.4 Å². The number of methoxy groups -OCH3 is 1. The molecule has 0 unspecified atom stereocenters. The van der Waals surface area contributed by atoms with E-state index >= 15 is 0 Å². The van der Waals surface area contributed by atoms with Gasteiger partial charge in [0.15, 0.2) is 11.0 Å². The van der Waals surface area contributed by atoms with Crippen molar-refractivity contribution in [2.75, 3.05) is 12.9 Å². The molecular formula is C24H29ClN4O3S. The Morgan fingerprint density at radius 1 is 1.12 bits per heavy atom. The van der Waals surface area contributed by atoms with E-state index in [1.165, 1.54) is 11.8 Å². The number of benzene rings is 2. The predicted octanol–water partition coefficient (Wildman–Crippen LogP) is 5.21. The molecular weight excluding hydrogens is 460 g/mol. The van der Waals surface area contributed by atoms with Gasteiger partial charge >= 0.3 is 0 Å². The van der Waals surface area contributed by atoms with Crippen molar-refractivity contribution < 1.29 is 14.3 Å². The van der Waals surface area contributed by atoms with Crippen molar-refractivity contribution in [2.45, 2.75) is 51.4 Å². The van der Waals surface area contributed by atoms with Gasteiger partial charge in [-0.1, -0.05) is 43.3 Å². The molecule has 3 rings (SSSR count). The van der Waals surface area contributed by atoms with E-state index in [2.05, 4.69) is 29.4 Å². The summed E-state index contributed by atoms with van der Waals surface area (Å²) in [6.07, 6.45) is 1.80. The Morgan fingerprint density at radius 3 is 2.45 bits per heavy atom. The smallest absolute Gasteiger partial charge is 0.230 e. The van der Waals surface area contributed by atoms with Crippen LogP contribution in [0.4, 0.5) is 0 Å². The molecule has 0 bridgehead atoms. The summed E-state index contributed by atoms with van der Waals surface area (Å²) in [5, 5.41) is 13.0. The Kier molecular flexibility index (Phi) is 9.03. The van der Waals surface area contributed by atoms with Crippen LogP contribution in [0.1, 0.15) is 38.1 Å². The van der Waals surface area contributed by atoms with Gasteiger partial charge in [0, 0.05) is 11.1 Å². The Bertz CT molecular complexity index is 1070. The van der Waals surface area contributed by atoms with Crippen LogP contribution in [0.5, 0.6) is 11.5 Å². The molecule has 3 aromatic rings. The molecule has 0 radical (unpaired) electrons. The fraction of sp³-hybridized carbons (Fsp3) is 0.375. The van der Waals surface area contributed by atoms with Gasteiger partial charge in [0.25, 0.3) is 0 Å². The maximum atomic E-state index is 12.4. The number of rotatable bonds is 11. The molecule has 0 fully saturated rings.